The zero-order chi connectivity index (χ0) is 25.1. The molecule has 4 aromatic carbocycles. The molecule has 0 N–H and O–H groups in total. The summed E-state index contributed by atoms with van der Waals surface area (Å²) in [6, 6.07) is 33.7. The van der Waals surface area contributed by atoms with Gasteiger partial charge in [-0.25, -0.2) is 0 Å². The Morgan fingerprint density at radius 1 is 0.750 bits per heavy atom. The van der Waals surface area contributed by atoms with E-state index >= 15 is 0 Å². The molecule has 5 rings (SSSR count). The van der Waals surface area contributed by atoms with Crippen molar-refractivity contribution in [1.82, 2.24) is 0 Å². The second kappa shape index (κ2) is 10.1. The molecule has 1 atom stereocenters. The van der Waals surface area contributed by atoms with E-state index in [1.165, 1.54) is 0 Å². The number of nitrogens with zero attached hydrogens (tertiary/aromatic N) is 2. The van der Waals surface area contributed by atoms with Crippen molar-refractivity contribution >= 4 is 23.2 Å². The fourth-order valence-corrected chi connectivity index (χ4v) is 4.75. The lowest BCUT2D eigenvalue weighted by molar-refractivity contribution is -0.121. The van der Waals surface area contributed by atoms with E-state index in [1.807, 2.05) is 73.7 Å². The van der Waals surface area contributed by atoms with Crippen molar-refractivity contribution in [3.8, 4) is 28.0 Å². The number of hydrogen-bond acceptors (Lipinski definition) is 3. The number of ether oxygens (including phenoxy) is 1. The quantitative estimate of drug-likeness (QED) is 0.345. The van der Waals surface area contributed by atoms with Crippen molar-refractivity contribution < 1.29 is 14.3 Å². The number of rotatable bonds is 5. The molecule has 1 heterocycles. The van der Waals surface area contributed by atoms with Crippen LogP contribution in [0.5, 0.6) is 5.75 Å². The summed E-state index contributed by atoms with van der Waals surface area (Å²) in [5.41, 5.74) is 5.78. The number of benzene rings is 4. The predicted octanol–water partition coefficient (Wildman–Crippen LogP) is 6.19. The lowest BCUT2D eigenvalue weighted by atomic mass is 9.98. The van der Waals surface area contributed by atoms with Crippen LogP contribution < -0.4 is 14.5 Å². The van der Waals surface area contributed by atoms with Gasteiger partial charge in [0.25, 0.3) is 5.91 Å². The largest absolute Gasteiger partial charge is 0.484 e. The highest BCUT2D eigenvalue weighted by atomic mass is 16.5. The van der Waals surface area contributed by atoms with Crippen LogP contribution >= 0.6 is 0 Å². The van der Waals surface area contributed by atoms with E-state index in [-0.39, 0.29) is 24.5 Å². The van der Waals surface area contributed by atoms with Gasteiger partial charge in [0.15, 0.2) is 6.61 Å². The summed E-state index contributed by atoms with van der Waals surface area (Å²) >= 11 is 0. The Labute approximate surface area is 211 Å². The molecule has 0 saturated heterocycles. The molecule has 1 aliphatic rings. The number of anilines is 2. The molecule has 0 aliphatic carbocycles. The Bertz CT molecular complexity index is 1370. The first kappa shape index (κ1) is 23.4. The van der Waals surface area contributed by atoms with Gasteiger partial charge in [-0.3, -0.25) is 9.59 Å². The van der Waals surface area contributed by atoms with E-state index in [0.29, 0.717) is 12.3 Å². The van der Waals surface area contributed by atoms with Crippen molar-refractivity contribution in [2.75, 3.05) is 23.0 Å². The number of para-hydroxylation sites is 1. The molecule has 4 aromatic rings. The highest BCUT2D eigenvalue weighted by Gasteiger charge is 2.34. The van der Waals surface area contributed by atoms with Gasteiger partial charge in [-0.2, -0.15) is 0 Å². The van der Waals surface area contributed by atoms with E-state index in [0.717, 1.165) is 33.6 Å². The van der Waals surface area contributed by atoms with E-state index in [1.54, 1.807) is 16.7 Å². The third-order valence-corrected chi connectivity index (χ3v) is 6.48. The minimum Gasteiger partial charge on any atom is -0.484 e. The van der Waals surface area contributed by atoms with Crippen LogP contribution in [0.1, 0.15) is 13.8 Å². The Kier molecular flexibility index (Phi) is 6.54. The molecule has 0 unspecified atom stereocenters. The summed E-state index contributed by atoms with van der Waals surface area (Å²) < 4.78 is 5.74. The van der Waals surface area contributed by atoms with Crippen molar-refractivity contribution in [2.24, 2.45) is 0 Å². The third kappa shape index (κ3) is 4.73. The van der Waals surface area contributed by atoms with E-state index < -0.39 is 0 Å². The fraction of sp³-hybridized carbons (Fsp3) is 0.161. The summed E-state index contributed by atoms with van der Waals surface area (Å²) in [5, 5.41) is 0. The fourth-order valence-electron chi connectivity index (χ4n) is 4.75. The van der Waals surface area contributed by atoms with E-state index in [9.17, 15) is 9.59 Å². The molecule has 0 aromatic heterocycles. The average Bonchev–Trinajstić information content (AvgIpc) is 2.92. The molecule has 0 bridgehead atoms. The van der Waals surface area contributed by atoms with Crippen molar-refractivity contribution in [1.29, 1.82) is 0 Å². The number of hydrogen-bond donors (Lipinski definition) is 0. The van der Waals surface area contributed by atoms with Crippen LogP contribution in [0.25, 0.3) is 22.3 Å². The van der Waals surface area contributed by atoms with Gasteiger partial charge in [-0.05, 0) is 53.4 Å². The maximum Gasteiger partial charge on any atom is 0.265 e. The SMILES string of the molecule is CC(=O)N1c2ccc(-c3ccc(-c4ccccc4)cc3)cc2N(C(=O)COc2ccccc2)C[C@@H]1C. The molecular weight excluding hydrogens is 448 g/mol. The van der Waals surface area contributed by atoms with Crippen LogP contribution in [0.3, 0.4) is 0 Å². The molecule has 1 aliphatic heterocycles. The third-order valence-electron chi connectivity index (χ3n) is 6.48. The molecule has 2 amide bonds. The van der Waals surface area contributed by atoms with Gasteiger partial charge in [0.2, 0.25) is 5.91 Å². The van der Waals surface area contributed by atoms with E-state index in [4.69, 9.17) is 4.74 Å². The number of amides is 2. The van der Waals surface area contributed by atoms with Gasteiger partial charge in [-0.1, -0.05) is 78.9 Å². The topological polar surface area (TPSA) is 49.9 Å². The smallest absolute Gasteiger partial charge is 0.265 e. The zero-order valence-electron chi connectivity index (χ0n) is 20.4. The molecule has 0 fully saturated rings. The van der Waals surface area contributed by atoms with Crippen molar-refractivity contribution in [2.45, 2.75) is 19.9 Å². The zero-order valence-corrected chi connectivity index (χ0v) is 20.4. The van der Waals surface area contributed by atoms with Crippen molar-refractivity contribution in [3.63, 3.8) is 0 Å². The molecular formula is C31H28N2O3. The Morgan fingerprint density at radius 3 is 1.94 bits per heavy atom. The molecule has 36 heavy (non-hydrogen) atoms. The van der Waals surface area contributed by atoms with Crippen LogP contribution in [0, 0.1) is 0 Å². The second-order valence-electron chi connectivity index (χ2n) is 8.99. The Hall–Kier alpha value is -4.38. The summed E-state index contributed by atoms with van der Waals surface area (Å²) in [6.07, 6.45) is 0. The normalized spacial score (nSPS) is 14.8. The molecule has 5 heteroatoms. The van der Waals surface area contributed by atoms with Gasteiger partial charge in [0, 0.05) is 13.5 Å². The maximum atomic E-state index is 13.3. The van der Waals surface area contributed by atoms with Gasteiger partial charge < -0.3 is 14.5 Å². The molecule has 5 nitrogen and oxygen atoms in total. The molecule has 0 spiro atoms. The monoisotopic (exact) mass is 476 g/mol. The lowest BCUT2D eigenvalue weighted by Gasteiger charge is -2.41. The van der Waals surface area contributed by atoms with Gasteiger partial charge in [-0.15, -0.1) is 0 Å². The standard InChI is InChI=1S/C31H28N2O3/c1-22-20-32(31(35)21-36-28-11-7-4-8-12-28)30-19-27(17-18-29(30)33(22)23(2)34)26-15-13-25(14-16-26)24-9-5-3-6-10-24/h3-19,22H,20-21H2,1-2H3/t22-/m0/s1. The summed E-state index contributed by atoms with van der Waals surface area (Å²) in [6.45, 7) is 3.84. The Morgan fingerprint density at radius 2 is 1.31 bits per heavy atom. The van der Waals surface area contributed by atoms with Crippen LogP contribution in [-0.2, 0) is 9.59 Å². The lowest BCUT2D eigenvalue weighted by Crippen LogP contribution is -2.52. The summed E-state index contributed by atoms with van der Waals surface area (Å²) in [4.78, 5) is 29.3. The van der Waals surface area contributed by atoms with Crippen LogP contribution in [0.2, 0.25) is 0 Å². The number of carbonyl (C=O) groups excluding carboxylic acids is 2. The van der Waals surface area contributed by atoms with Crippen LogP contribution in [-0.4, -0.2) is 31.0 Å². The highest BCUT2D eigenvalue weighted by molar-refractivity contribution is 6.05. The predicted molar refractivity (Wildman–Crippen MR) is 144 cm³/mol. The minimum atomic E-state index is -0.147. The summed E-state index contributed by atoms with van der Waals surface area (Å²) in [5.74, 6) is 0.455. The molecule has 0 saturated carbocycles. The molecule has 0 radical (unpaired) electrons. The average molecular weight is 477 g/mol. The number of carbonyl (C=O) groups is 2. The molecule has 180 valence electrons. The second-order valence-corrected chi connectivity index (χ2v) is 8.99. The first-order chi connectivity index (χ1) is 17.5. The Balaban J connectivity index is 1.46. The van der Waals surface area contributed by atoms with Crippen molar-refractivity contribution in [3.05, 3.63) is 103 Å². The minimum absolute atomic E-state index is 0.0450. The van der Waals surface area contributed by atoms with Crippen LogP contribution in [0.4, 0.5) is 11.4 Å². The highest BCUT2D eigenvalue weighted by Crippen LogP contribution is 2.39. The van der Waals surface area contributed by atoms with Gasteiger partial charge >= 0.3 is 0 Å². The first-order valence-corrected chi connectivity index (χ1v) is 12.1. The maximum absolute atomic E-state index is 13.3. The summed E-state index contributed by atoms with van der Waals surface area (Å²) in [7, 11) is 0. The number of fused-ring (bicyclic) bond motifs is 1. The van der Waals surface area contributed by atoms with Crippen LogP contribution in [0.15, 0.2) is 103 Å². The first-order valence-electron chi connectivity index (χ1n) is 12.1. The van der Waals surface area contributed by atoms with E-state index in [2.05, 4.69) is 36.4 Å². The van der Waals surface area contributed by atoms with Gasteiger partial charge in [0.05, 0.1) is 17.4 Å². The van der Waals surface area contributed by atoms with Gasteiger partial charge in [0.1, 0.15) is 5.75 Å².